The summed E-state index contributed by atoms with van der Waals surface area (Å²) in [6.45, 7) is 0.461. The predicted octanol–water partition coefficient (Wildman–Crippen LogP) is 0.434. The second-order valence-corrected chi connectivity index (χ2v) is 5.01. The monoisotopic (exact) mass is 281 g/mol. The molecule has 8 heteroatoms. The summed E-state index contributed by atoms with van der Waals surface area (Å²) < 4.78 is 0. The molecule has 110 valence electrons. The average Bonchev–Trinajstić information content (AvgIpc) is 3.06. The van der Waals surface area contributed by atoms with Crippen LogP contribution < -0.4 is 10.6 Å². The molecule has 20 heavy (non-hydrogen) atoms. The predicted molar refractivity (Wildman–Crippen MR) is 70.1 cm³/mol. The number of rotatable bonds is 6. The van der Waals surface area contributed by atoms with Gasteiger partial charge in [-0.2, -0.15) is 5.10 Å². The fourth-order valence-electron chi connectivity index (χ4n) is 2.44. The number of carboxylic acid groups (broad SMARTS) is 1. The summed E-state index contributed by atoms with van der Waals surface area (Å²) in [7, 11) is 0. The largest absolute Gasteiger partial charge is 0.480 e. The van der Waals surface area contributed by atoms with Gasteiger partial charge in [-0.15, -0.1) is 0 Å². The van der Waals surface area contributed by atoms with Gasteiger partial charge in [0.05, 0.1) is 0 Å². The fraction of sp³-hybridized carbons (Fsp3) is 0.667. The van der Waals surface area contributed by atoms with E-state index in [0.717, 1.165) is 18.7 Å². The van der Waals surface area contributed by atoms with Crippen LogP contribution in [0, 0.1) is 0 Å². The average molecular weight is 281 g/mol. The van der Waals surface area contributed by atoms with Gasteiger partial charge in [-0.25, -0.2) is 14.6 Å². The lowest BCUT2D eigenvalue weighted by molar-refractivity contribution is -0.144. The van der Waals surface area contributed by atoms with E-state index < -0.39 is 17.5 Å². The number of aryl methyl sites for hydroxylation is 1. The molecule has 1 saturated carbocycles. The summed E-state index contributed by atoms with van der Waals surface area (Å²) in [6.07, 6.45) is 5.48. The number of nitrogens with zero attached hydrogens (tertiary/aromatic N) is 2. The van der Waals surface area contributed by atoms with Crippen LogP contribution in [0.15, 0.2) is 6.33 Å². The van der Waals surface area contributed by atoms with Gasteiger partial charge in [0.15, 0.2) is 0 Å². The van der Waals surface area contributed by atoms with Crippen molar-refractivity contribution >= 4 is 12.0 Å². The number of H-pyrrole nitrogens is 1. The van der Waals surface area contributed by atoms with Crippen LogP contribution in [-0.4, -0.2) is 44.4 Å². The SMILES string of the molecule is O=C(NCCCc1ncn[nH]1)NC1(C(=O)O)CCCC1. The van der Waals surface area contributed by atoms with E-state index in [-0.39, 0.29) is 0 Å². The molecule has 1 aliphatic rings. The van der Waals surface area contributed by atoms with Crippen molar-refractivity contribution in [2.75, 3.05) is 6.54 Å². The van der Waals surface area contributed by atoms with Crippen molar-refractivity contribution in [1.82, 2.24) is 25.8 Å². The number of urea groups is 1. The highest BCUT2D eigenvalue weighted by Crippen LogP contribution is 2.29. The molecule has 1 aromatic heterocycles. The van der Waals surface area contributed by atoms with Crippen LogP contribution in [0.4, 0.5) is 4.79 Å². The molecule has 0 radical (unpaired) electrons. The van der Waals surface area contributed by atoms with Crippen LogP contribution in [0.25, 0.3) is 0 Å². The molecule has 1 aliphatic carbocycles. The van der Waals surface area contributed by atoms with E-state index >= 15 is 0 Å². The molecule has 1 fully saturated rings. The Balaban J connectivity index is 1.70. The maximum Gasteiger partial charge on any atom is 0.329 e. The minimum absolute atomic E-state index is 0.424. The van der Waals surface area contributed by atoms with Gasteiger partial charge in [0.2, 0.25) is 0 Å². The first-order valence-corrected chi connectivity index (χ1v) is 6.76. The molecule has 0 saturated heterocycles. The molecule has 0 aliphatic heterocycles. The lowest BCUT2D eigenvalue weighted by Crippen LogP contribution is -2.55. The van der Waals surface area contributed by atoms with E-state index in [9.17, 15) is 14.7 Å². The van der Waals surface area contributed by atoms with Gasteiger partial charge in [-0.3, -0.25) is 5.10 Å². The van der Waals surface area contributed by atoms with Crippen molar-refractivity contribution in [3.8, 4) is 0 Å². The van der Waals surface area contributed by atoms with Crippen LogP contribution in [0.3, 0.4) is 0 Å². The van der Waals surface area contributed by atoms with E-state index in [0.29, 0.717) is 32.2 Å². The third kappa shape index (κ3) is 3.46. The van der Waals surface area contributed by atoms with Gasteiger partial charge in [0.1, 0.15) is 17.7 Å². The summed E-state index contributed by atoms with van der Waals surface area (Å²) in [4.78, 5) is 27.0. The smallest absolute Gasteiger partial charge is 0.329 e. The zero-order chi connectivity index (χ0) is 14.4. The number of aromatic nitrogens is 3. The van der Waals surface area contributed by atoms with Gasteiger partial charge >= 0.3 is 12.0 Å². The number of carbonyl (C=O) groups is 2. The van der Waals surface area contributed by atoms with Gasteiger partial charge in [0, 0.05) is 13.0 Å². The molecule has 1 aromatic rings. The van der Waals surface area contributed by atoms with Crippen LogP contribution in [0.1, 0.15) is 37.9 Å². The molecule has 0 atom stereocenters. The third-order valence-corrected chi connectivity index (χ3v) is 3.56. The van der Waals surface area contributed by atoms with E-state index in [2.05, 4.69) is 25.8 Å². The van der Waals surface area contributed by atoms with Crippen LogP contribution >= 0.6 is 0 Å². The minimum atomic E-state index is -1.09. The number of carbonyl (C=O) groups excluding carboxylic acids is 1. The molecule has 1 heterocycles. The van der Waals surface area contributed by atoms with Crippen molar-refractivity contribution < 1.29 is 14.7 Å². The molecule has 4 N–H and O–H groups in total. The Morgan fingerprint density at radius 1 is 1.40 bits per heavy atom. The van der Waals surface area contributed by atoms with Crippen LogP contribution in [0.2, 0.25) is 0 Å². The molecular weight excluding hydrogens is 262 g/mol. The van der Waals surface area contributed by atoms with Crippen molar-refractivity contribution in [2.24, 2.45) is 0 Å². The number of hydrogen-bond acceptors (Lipinski definition) is 4. The molecule has 0 bridgehead atoms. The Morgan fingerprint density at radius 3 is 2.75 bits per heavy atom. The zero-order valence-corrected chi connectivity index (χ0v) is 11.2. The Labute approximate surface area is 116 Å². The molecule has 2 rings (SSSR count). The third-order valence-electron chi connectivity index (χ3n) is 3.56. The molecular formula is C12H19N5O3. The normalized spacial score (nSPS) is 16.8. The second-order valence-electron chi connectivity index (χ2n) is 5.01. The number of aliphatic carboxylic acids is 1. The molecule has 0 unspecified atom stereocenters. The maximum atomic E-state index is 11.7. The quantitative estimate of drug-likeness (QED) is 0.564. The number of amides is 2. The van der Waals surface area contributed by atoms with Crippen LogP contribution in [-0.2, 0) is 11.2 Å². The molecule has 2 amide bonds. The maximum absolute atomic E-state index is 11.7. The first-order valence-electron chi connectivity index (χ1n) is 6.76. The summed E-state index contributed by atoms with van der Waals surface area (Å²) in [5.41, 5.74) is -1.09. The van der Waals surface area contributed by atoms with Crippen molar-refractivity contribution in [3.63, 3.8) is 0 Å². The zero-order valence-electron chi connectivity index (χ0n) is 11.2. The first kappa shape index (κ1) is 14.3. The Morgan fingerprint density at radius 2 is 2.15 bits per heavy atom. The molecule has 0 spiro atoms. The van der Waals surface area contributed by atoms with E-state index in [1.807, 2.05) is 0 Å². The Kier molecular flexibility index (Phi) is 4.54. The van der Waals surface area contributed by atoms with Gasteiger partial charge in [0.25, 0.3) is 0 Å². The van der Waals surface area contributed by atoms with Crippen molar-refractivity contribution in [3.05, 3.63) is 12.2 Å². The summed E-state index contributed by atoms with van der Waals surface area (Å²) in [6, 6.07) is -0.424. The lowest BCUT2D eigenvalue weighted by atomic mass is 9.98. The highest BCUT2D eigenvalue weighted by molar-refractivity contribution is 5.86. The van der Waals surface area contributed by atoms with E-state index in [4.69, 9.17) is 0 Å². The minimum Gasteiger partial charge on any atom is -0.480 e. The topological polar surface area (TPSA) is 120 Å². The van der Waals surface area contributed by atoms with Crippen LogP contribution in [0.5, 0.6) is 0 Å². The number of nitrogens with one attached hydrogen (secondary N) is 3. The summed E-state index contributed by atoms with van der Waals surface area (Å²) >= 11 is 0. The van der Waals surface area contributed by atoms with E-state index in [1.54, 1.807) is 0 Å². The highest BCUT2D eigenvalue weighted by Gasteiger charge is 2.42. The number of aromatic amines is 1. The Hall–Kier alpha value is -2.12. The second kappa shape index (κ2) is 6.36. The van der Waals surface area contributed by atoms with Gasteiger partial charge in [-0.1, -0.05) is 12.8 Å². The van der Waals surface area contributed by atoms with E-state index in [1.165, 1.54) is 6.33 Å². The highest BCUT2D eigenvalue weighted by atomic mass is 16.4. The standard InChI is InChI=1S/C12H19N5O3/c18-10(19)12(5-1-2-6-12)16-11(20)13-7-3-4-9-14-8-15-17-9/h8H,1-7H2,(H,18,19)(H2,13,16,20)(H,14,15,17). The lowest BCUT2D eigenvalue weighted by Gasteiger charge is -2.25. The number of hydrogen-bond donors (Lipinski definition) is 4. The van der Waals surface area contributed by atoms with Crippen molar-refractivity contribution in [1.29, 1.82) is 0 Å². The van der Waals surface area contributed by atoms with Gasteiger partial charge in [-0.05, 0) is 19.3 Å². The Bertz CT molecular complexity index is 454. The summed E-state index contributed by atoms with van der Waals surface area (Å²) in [5, 5.41) is 21.0. The molecule has 0 aromatic carbocycles. The summed E-state index contributed by atoms with van der Waals surface area (Å²) in [5.74, 6) is -0.184. The number of carboxylic acids is 1. The molecule has 8 nitrogen and oxygen atoms in total. The van der Waals surface area contributed by atoms with Crippen molar-refractivity contribution in [2.45, 2.75) is 44.1 Å². The first-order chi connectivity index (χ1) is 9.62. The van der Waals surface area contributed by atoms with Gasteiger partial charge < -0.3 is 15.7 Å². The fourth-order valence-corrected chi connectivity index (χ4v) is 2.44.